The van der Waals surface area contributed by atoms with Crippen LogP contribution in [0.3, 0.4) is 0 Å². The molecule has 0 bridgehead atoms. The molecule has 2 aromatic rings. The summed E-state index contributed by atoms with van der Waals surface area (Å²) in [4.78, 5) is 4.50. The van der Waals surface area contributed by atoms with Crippen molar-refractivity contribution in [2.24, 2.45) is 0 Å². The number of anilines is 1. The predicted octanol–water partition coefficient (Wildman–Crippen LogP) is 1.84. The molecular formula is C16H21N3O3S. The van der Waals surface area contributed by atoms with Gasteiger partial charge in [-0.3, -0.25) is 0 Å². The Kier molecular flexibility index (Phi) is 5.70. The lowest BCUT2D eigenvalue weighted by Gasteiger charge is -2.10. The zero-order valence-corrected chi connectivity index (χ0v) is 14.0. The third-order valence-corrected chi connectivity index (χ3v) is 4.58. The Hall–Kier alpha value is -1.96. The Labute approximate surface area is 136 Å². The topological polar surface area (TPSA) is 91.3 Å². The summed E-state index contributed by atoms with van der Waals surface area (Å²) in [6, 6.07) is 10.7. The summed E-state index contributed by atoms with van der Waals surface area (Å²) in [6.45, 7) is 3.84. The molecule has 0 spiro atoms. The average molecular weight is 335 g/mol. The molecule has 0 saturated heterocycles. The number of rotatable bonds is 7. The van der Waals surface area contributed by atoms with Gasteiger partial charge in [-0.05, 0) is 43.7 Å². The number of sulfonamides is 1. The zero-order chi connectivity index (χ0) is 16.9. The highest BCUT2D eigenvalue weighted by Gasteiger charge is 2.13. The summed E-state index contributed by atoms with van der Waals surface area (Å²) in [5.74, 6) is 0.802. The monoisotopic (exact) mass is 335 g/mol. The van der Waals surface area contributed by atoms with Crippen molar-refractivity contribution in [2.45, 2.75) is 24.8 Å². The summed E-state index contributed by atoms with van der Waals surface area (Å²) in [6.07, 6.45) is 1.75. The minimum Gasteiger partial charge on any atom is -0.395 e. The number of aliphatic hydroxyl groups is 1. The number of aliphatic hydroxyl groups excluding tert-OH is 1. The minimum absolute atomic E-state index is 0.00167. The molecule has 0 atom stereocenters. The highest BCUT2D eigenvalue weighted by Crippen LogP contribution is 2.21. The lowest BCUT2D eigenvalue weighted by Crippen LogP contribution is -2.26. The molecule has 3 N–H and O–H groups in total. The molecule has 2 rings (SSSR count). The molecule has 6 nitrogen and oxygen atoms in total. The Balaban J connectivity index is 2.16. The van der Waals surface area contributed by atoms with Crippen LogP contribution in [-0.4, -0.2) is 37.7 Å². The van der Waals surface area contributed by atoms with Gasteiger partial charge in [0.15, 0.2) is 0 Å². The Bertz CT molecular complexity index is 726. The third-order valence-electron chi connectivity index (χ3n) is 3.10. The van der Waals surface area contributed by atoms with E-state index in [0.29, 0.717) is 6.04 Å². The van der Waals surface area contributed by atoms with Crippen LogP contribution in [0, 0.1) is 0 Å². The van der Waals surface area contributed by atoms with Crippen LogP contribution in [0.2, 0.25) is 0 Å². The Morgan fingerprint density at radius 3 is 2.26 bits per heavy atom. The average Bonchev–Trinajstić information content (AvgIpc) is 2.53. The smallest absolute Gasteiger partial charge is 0.240 e. The summed E-state index contributed by atoms with van der Waals surface area (Å²) in [5.41, 5.74) is 1.79. The first-order valence-corrected chi connectivity index (χ1v) is 8.84. The van der Waals surface area contributed by atoms with Crippen molar-refractivity contribution in [3.8, 4) is 11.1 Å². The zero-order valence-electron chi connectivity index (χ0n) is 13.2. The number of benzene rings is 1. The minimum atomic E-state index is -3.58. The van der Waals surface area contributed by atoms with Gasteiger partial charge in [-0.15, -0.1) is 0 Å². The van der Waals surface area contributed by atoms with Gasteiger partial charge in [0.05, 0.1) is 11.5 Å². The van der Waals surface area contributed by atoms with Crippen molar-refractivity contribution in [3.05, 3.63) is 42.6 Å². The number of hydrogen-bond acceptors (Lipinski definition) is 5. The number of nitrogens with one attached hydrogen (secondary N) is 2. The second-order valence-electron chi connectivity index (χ2n) is 5.38. The lowest BCUT2D eigenvalue weighted by molar-refractivity contribution is 0.301. The number of pyridine rings is 1. The second-order valence-corrected chi connectivity index (χ2v) is 7.14. The first-order chi connectivity index (χ1) is 10.9. The van der Waals surface area contributed by atoms with Gasteiger partial charge in [0.2, 0.25) is 10.0 Å². The first kappa shape index (κ1) is 17.4. The van der Waals surface area contributed by atoms with Gasteiger partial charge >= 0.3 is 0 Å². The molecule has 7 heteroatoms. The fraction of sp³-hybridized carbons (Fsp3) is 0.312. The predicted molar refractivity (Wildman–Crippen MR) is 90.7 cm³/mol. The van der Waals surface area contributed by atoms with E-state index in [4.69, 9.17) is 5.11 Å². The van der Waals surface area contributed by atoms with E-state index < -0.39 is 10.0 Å². The van der Waals surface area contributed by atoms with E-state index in [1.54, 1.807) is 18.3 Å². The second kappa shape index (κ2) is 7.54. The molecule has 1 heterocycles. The molecule has 23 heavy (non-hydrogen) atoms. The molecule has 124 valence electrons. The first-order valence-electron chi connectivity index (χ1n) is 7.36. The van der Waals surface area contributed by atoms with Crippen molar-refractivity contribution in [1.82, 2.24) is 9.71 Å². The lowest BCUT2D eigenvalue weighted by atomic mass is 10.1. The molecule has 1 aromatic heterocycles. The van der Waals surface area contributed by atoms with Gasteiger partial charge in [0.25, 0.3) is 0 Å². The maximum absolute atomic E-state index is 11.9. The van der Waals surface area contributed by atoms with Gasteiger partial charge in [-0.1, -0.05) is 12.1 Å². The van der Waals surface area contributed by atoms with E-state index in [1.807, 2.05) is 26.0 Å². The largest absolute Gasteiger partial charge is 0.395 e. The fourth-order valence-corrected chi connectivity index (χ4v) is 3.06. The van der Waals surface area contributed by atoms with E-state index in [-0.39, 0.29) is 18.0 Å². The van der Waals surface area contributed by atoms with Crippen LogP contribution in [0.4, 0.5) is 5.82 Å². The molecule has 0 fully saturated rings. The number of aromatic nitrogens is 1. The van der Waals surface area contributed by atoms with E-state index in [1.165, 1.54) is 12.1 Å². The maximum atomic E-state index is 11.9. The molecule has 0 amide bonds. The normalized spacial score (nSPS) is 11.7. The van der Waals surface area contributed by atoms with E-state index >= 15 is 0 Å². The standard InChI is InChI=1S/C16H21N3O3S/c1-12(2)19-16-8-5-14(11-17-16)13-3-6-15(7-4-13)23(21,22)18-9-10-20/h3-8,11-12,18,20H,9-10H2,1-2H3,(H,17,19). The van der Waals surface area contributed by atoms with Gasteiger partial charge in [-0.25, -0.2) is 18.1 Å². The van der Waals surface area contributed by atoms with Crippen molar-refractivity contribution in [3.63, 3.8) is 0 Å². The van der Waals surface area contributed by atoms with Crippen LogP contribution >= 0.6 is 0 Å². The maximum Gasteiger partial charge on any atom is 0.240 e. The highest BCUT2D eigenvalue weighted by atomic mass is 32.2. The SMILES string of the molecule is CC(C)Nc1ccc(-c2ccc(S(=O)(=O)NCCO)cc2)cn1. The van der Waals surface area contributed by atoms with Crippen molar-refractivity contribution in [1.29, 1.82) is 0 Å². The molecular weight excluding hydrogens is 314 g/mol. The van der Waals surface area contributed by atoms with Crippen LogP contribution in [0.15, 0.2) is 47.5 Å². The summed E-state index contributed by atoms with van der Waals surface area (Å²) < 4.78 is 26.2. The van der Waals surface area contributed by atoms with Gasteiger partial charge in [0.1, 0.15) is 5.82 Å². The molecule has 0 aliphatic heterocycles. The van der Waals surface area contributed by atoms with Crippen LogP contribution in [0.1, 0.15) is 13.8 Å². The molecule has 0 aliphatic carbocycles. The highest BCUT2D eigenvalue weighted by molar-refractivity contribution is 7.89. The summed E-state index contributed by atoms with van der Waals surface area (Å²) in [5, 5.41) is 11.9. The summed E-state index contributed by atoms with van der Waals surface area (Å²) in [7, 11) is -3.58. The molecule has 0 unspecified atom stereocenters. The van der Waals surface area contributed by atoms with Crippen LogP contribution < -0.4 is 10.0 Å². The Morgan fingerprint density at radius 1 is 1.09 bits per heavy atom. The van der Waals surface area contributed by atoms with Crippen LogP contribution in [-0.2, 0) is 10.0 Å². The van der Waals surface area contributed by atoms with Gasteiger partial charge in [0, 0.05) is 24.3 Å². The molecule has 0 saturated carbocycles. The quantitative estimate of drug-likeness (QED) is 0.718. The van der Waals surface area contributed by atoms with Crippen molar-refractivity contribution < 1.29 is 13.5 Å². The molecule has 0 aliphatic rings. The third kappa shape index (κ3) is 4.75. The van der Waals surface area contributed by atoms with Gasteiger partial charge in [-0.2, -0.15) is 0 Å². The van der Waals surface area contributed by atoms with Crippen LogP contribution in [0.25, 0.3) is 11.1 Å². The van der Waals surface area contributed by atoms with Gasteiger partial charge < -0.3 is 10.4 Å². The van der Waals surface area contributed by atoms with E-state index in [2.05, 4.69) is 15.0 Å². The number of hydrogen-bond donors (Lipinski definition) is 3. The van der Waals surface area contributed by atoms with Crippen LogP contribution in [0.5, 0.6) is 0 Å². The molecule has 0 radical (unpaired) electrons. The van der Waals surface area contributed by atoms with E-state index in [0.717, 1.165) is 16.9 Å². The Morgan fingerprint density at radius 2 is 1.74 bits per heavy atom. The fourth-order valence-electron chi connectivity index (χ4n) is 2.04. The van der Waals surface area contributed by atoms with Crippen molar-refractivity contribution in [2.75, 3.05) is 18.5 Å². The van der Waals surface area contributed by atoms with E-state index in [9.17, 15) is 8.42 Å². The summed E-state index contributed by atoms with van der Waals surface area (Å²) >= 11 is 0. The molecule has 1 aromatic carbocycles. The van der Waals surface area contributed by atoms with Crippen molar-refractivity contribution >= 4 is 15.8 Å². The number of nitrogens with zero attached hydrogens (tertiary/aromatic N) is 1.